The smallest absolute Gasteiger partial charge is 0.337 e. The van der Waals surface area contributed by atoms with Gasteiger partial charge in [-0.2, -0.15) is 0 Å². The number of benzene rings is 4. The molecule has 9 heteroatoms. The Labute approximate surface area is 259 Å². The quantitative estimate of drug-likeness (QED) is 0.165. The van der Waals surface area contributed by atoms with Crippen LogP contribution in [0.15, 0.2) is 109 Å². The van der Waals surface area contributed by atoms with E-state index in [4.69, 9.17) is 9.47 Å². The Morgan fingerprint density at radius 2 is 1.31 bits per heavy atom. The first-order valence-electron chi connectivity index (χ1n) is 14.7. The van der Waals surface area contributed by atoms with Gasteiger partial charge < -0.3 is 25.2 Å². The number of carbonyl (C=O) groups excluding carboxylic acids is 2. The van der Waals surface area contributed by atoms with E-state index in [1.165, 1.54) is 6.07 Å². The molecule has 226 valence electrons. The van der Waals surface area contributed by atoms with Gasteiger partial charge in [-0.05, 0) is 109 Å². The second-order valence-corrected chi connectivity index (χ2v) is 10.9. The molecule has 5 aromatic rings. The van der Waals surface area contributed by atoms with Gasteiger partial charge in [-0.1, -0.05) is 24.3 Å². The number of para-hydroxylation sites is 1. The summed E-state index contributed by atoms with van der Waals surface area (Å²) in [6.07, 6.45) is 6.78. The maximum atomic E-state index is 12.7. The van der Waals surface area contributed by atoms with Crippen LogP contribution >= 0.6 is 0 Å². The van der Waals surface area contributed by atoms with Crippen molar-refractivity contribution in [3.05, 3.63) is 126 Å². The predicted molar refractivity (Wildman–Crippen MR) is 170 cm³/mol. The van der Waals surface area contributed by atoms with E-state index in [2.05, 4.69) is 15.6 Å². The van der Waals surface area contributed by atoms with Crippen LogP contribution in [-0.4, -0.2) is 40.0 Å². The topological polar surface area (TPSA) is 127 Å². The van der Waals surface area contributed by atoms with E-state index in [0.29, 0.717) is 22.6 Å². The molecule has 9 nitrogen and oxygen atoms in total. The van der Waals surface area contributed by atoms with E-state index in [1.54, 1.807) is 67.0 Å². The number of ether oxygens (including phenoxy) is 2. The minimum Gasteiger partial charge on any atom is -0.490 e. The lowest BCUT2D eigenvalue weighted by Gasteiger charge is -2.29. The molecule has 0 atom stereocenters. The van der Waals surface area contributed by atoms with Crippen LogP contribution in [0.25, 0.3) is 10.8 Å². The van der Waals surface area contributed by atoms with Crippen molar-refractivity contribution in [2.45, 2.75) is 37.8 Å². The monoisotopic (exact) mass is 601 g/mol. The number of aromatic nitrogens is 1. The number of carboxylic acid groups (broad SMARTS) is 1. The van der Waals surface area contributed by atoms with E-state index in [0.717, 1.165) is 42.2 Å². The summed E-state index contributed by atoms with van der Waals surface area (Å²) in [6.45, 7) is 0. The molecule has 0 saturated heterocycles. The van der Waals surface area contributed by atoms with Crippen LogP contribution in [0.5, 0.6) is 17.2 Å². The van der Waals surface area contributed by atoms with Gasteiger partial charge in [0.25, 0.3) is 11.8 Å². The molecule has 1 heterocycles. The van der Waals surface area contributed by atoms with Crippen molar-refractivity contribution in [3.63, 3.8) is 0 Å². The van der Waals surface area contributed by atoms with Crippen LogP contribution in [0.3, 0.4) is 0 Å². The van der Waals surface area contributed by atoms with E-state index >= 15 is 0 Å². The summed E-state index contributed by atoms with van der Waals surface area (Å²) in [7, 11) is 0. The number of nitrogens with zero attached hydrogens (tertiary/aromatic N) is 1. The molecule has 4 aromatic carbocycles. The SMILES string of the molecule is O=C(Nc1ccccc1C(=O)O)c1ccc(Oc2ccc3cc(OC4CCC(NC(=O)c5ccncc5)CC4)ccc3c2)cc1. The summed E-state index contributed by atoms with van der Waals surface area (Å²) in [4.78, 5) is 40.5. The van der Waals surface area contributed by atoms with Crippen LogP contribution in [0, 0.1) is 0 Å². The predicted octanol–water partition coefficient (Wildman–Crippen LogP) is 7.10. The Bertz CT molecular complexity index is 1830. The molecule has 1 fully saturated rings. The number of nitrogens with one attached hydrogen (secondary N) is 2. The Morgan fingerprint density at radius 3 is 2.02 bits per heavy atom. The summed E-state index contributed by atoms with van der Waals surface area (Å²) >= 11 is 0. The van der Waals surface area contributed by atoms with Gasteiger partial charge in [-0.3, -0.25) is 14.6 Å². The van der Waals surface area contributed by atoms with Gasteiger partial charge in [0, 0.05) is 29.6 Å². The average Bonchev–Trinajstić information content (AvgIpc) is 3.06. The lowest BCUT2D eigenvalue weighted by atomic mass is 9.92. The maximum Gasteiger partial charge on any atom is 0.337 e. The highest BCUT2D eigenvalue weighted by molar-refractivity contribution is 6.07. The molecular formula is C36H31N3O6. The molecule has 0 bridgehead atoms. The third-order valence-electron chi connectivity index (χ3n) is 7.80. The Balaban J connectivity index is 1.02. The summed E-state index contributed by atoms with van der Waals surface area (Å²) in [6, 6.07) is 28.2. The molecule has 0 spiro atoms. The first-order chi connectivity index (χ1) is 21.9. The van der Waals surface area contributed by atoms with Gasteiger partial charge in [0.2, 0.25) is 0 Å². The zero-order valence-corrected chi connectivity index (χ0v) is 24.3. The molecule has 1 aliphatic rings. The van der Waals surface area contributed by atoms with E-state index in [9.17, 15) is 19.5 Å². The van der Waals surface area contributed by atoms with Gasteiger partial charge in [0.05, 0.1) is 17.4 Å². The van der Waals surface area contributed by atoms with Crippen LogP contribution in [0.2, 0.25) is 0 Å². The van der Waals surface area contributed by atoms with Crippen molar-refractivity contribution in [1.29, 1.82) is 0 Å². The van der Waals surface area contributed by atoms with Crippen molar-refractivity contribution in [2.24, 2.45) is 0 Å². The fourth-order valence-electron chi connectivity index (χ4n) is 5.41. The molecule has 6 rings (SSSR count). The van der Waals surface area contributed by atoms with Crippen molar-refractivity contribution in [1.82, 2.24) is 10.3 Å². The van der Waals surface area contributed by atoms with Gasteiger partial charge in [0.1, 0.15) is 17.2 Å². The van der Waals surface area contributed by atoms with Gasteiger partial charge >= 0.3 is 5.97 Å². The fraction of sp³-hybridized carbons (Fsp3) is 0.167. The molecular weight excluding hydrogens is 570 g/mol. The summed E-state index contributed by atoms with van der Waals surface area (Å²) in [5, 5.41) is 17.1. The molecule has 45 heavy (non-hydrogen) atoms. The molecule has 1 aliphatic carbocycles. The number of fused-ring (bicyclic) bond motifs is 1. The van der Waals surface area contributed by atoms with Gasteiger partial charge in [-0.15, -0.1) is 0 Å². The van der Waals surface area contributed by atoms with Crippen LogP contribution in [0.1, 0.15) is 56.8 Å². The number of carbonyl (C=O) groups is 3. The Kier molecular flexibility index (Phi) is 8.68. The first kappa shape index (κ1) is 29.4. The molecule has 0 unspecified atom stereocenters. The zero-order valence-electron chi connectivity index (χ0n) is 24.3. The molecule has 2 amide bonds. The van der Waals surface area contributed by atoms with Crippen molar-refractivity contribution < 1.29 is 29.0 Å². The van der Waals surface area contributed by atoms with Crippen molar-refractivity contribution >= 4 is 34.2 Å². The molecule has 0 radical (unpaired) electrons. The molecule has 3 N–H and O–H groups in total. The van der Waals surface area contributed by atoms with Crippen LogP contribution < -0.4 is 20.1 Å². The average molecular weight is 602 g/mol. The summed E-state index contributed by atoms with van der Waals surface area (Å²) < 4.78 is 12.3. The standard InChI is InChI=1S/C36H31N3O6/c40-34(24-17-19-37-20-18-24)38-27-9-15-29(16-10-27)45-31-14-8-25-21-30(13-7-26(25)22-31)44-28-11-5-23(6-12-28)35(41)39-33-4-2-1-3-32(33)36(42)43/h1-8,11-14,17-22,27,29H,9-10,15-16H2,(H,38,40)(H,39,41)(H,42,43). The number of hydrogen-bond acceptors (Lipinski definition) is 6. The largest absolute Gasteiger partial charge is 0.490 e. The molecule has 1 aromatic heterocycles. The summed E-state index contributed by atoms with van der Waals surface area (Å²) in [5.74, 6) is 0.415. The lowest BCUT2D eigenvalue weighted by molar-refractivity contribution is 0.0697. The third-order valence-corrected chi connectivity index (χ3v) is 7.80. The Morgan fingerprint density at radius 1 is 0.689 bits per heavy atom. The lowest BCUT2D eigenvalue weighted by Crippen LogP contribution is -2.39. The summed E-state index contributed by atoms with van der Waals surface area (Å²) in [5.41, 5.74) is 1.24. The van der Waals surface area contributed by atoms with Crippen molar-refractivity contribution in [3.8, 4) is 17.2 Å². The highest BCUT2D eigenvalue weighted by Gasteiger charge is 2.24. The number of pyridine rings is 1. The van der Waals surface area contributed by atoms with E-state index < -0.39 is 11.9 Å². The molecule has 1 saturated carbocycles. The minimum atomic E-state index is -1.11. The number of anilines is 1. The first-order valence-corrected chi connectivity index (χ1v) is 14.7. The number of amides is 2. The molecule has 0 aliphatic heterocycles. The van der Waals surface area contributed by atoms with Crippen molar-refractivity contribution in [2.75, 3.05) is 5.32 Å². The normalized spacial score (nSPS) is 16.0. The number of carboxylic acids is 1. The second kappa shape index (κ2) is 13.3. The van der Waals surface area contributed by atoms with E-state index in [-0.39, 0.29) is 29.3 Å². The number of aromatic carboxylic acids is 1. The van der Waals surface area contributed by atoms with Crippen LogP contribution in [0.4, 0.5) is 5.69 Å². The third kappa shape index (κ3) is 7.27. The Hall–Kier alpha value is -5.70. The van der Waals surface area contributed by atoms with Gasteiger partial charge in [-0.25, -0.2) is 4.79 Å². The van der Waals surface area contributed by atoms with Crippen LogP contribution in [-0.2, 0) is 0 Å². The number of hydrogen-bond donors (Lipinski definition) is 3. The van der Waals surface area contributed by atoms with E-state index in [1.807, 2.05) is 36.4 Å². The highest BCUT2D eigenvalue weighted by Crippen LogP contribution is 2.30. The maximum absolute atomic E-state index is 12.7. The van der Waals surface area contributed by atoms with Gasteiger partial charge in [0.15, 0.2) is 0 Å². The zero-order chi connectivity index (χ0) is 31.2. The minimum absolute atomic E-state index is 0.0211. The fourth-order valence-corrected chi connectivity index (χ4v) is 5.41. The number of rotatable bonds is 9. The second-order valence-electron chi connectivity index (χ2n) is 10.9. The highest BCUT2D eigenvalue weighted by atomic mass is 16.5.